The summed E-state index contributed by atoms with van der Waals surface area (Å²) in [7, 11) is 0. The van der Waals surface area contributed by atoms with Gasteiger partial charge in [-0.2, -0.15) is 0 Å². The number of ether oxygens (including phenoxy) is 1. The molecular formula is C33H45ClN4O6. The summed E-state index contributed by atoms with van der Waals surface area (Å²) in [4.78, 5) is 43.2. The lowest BCUT2D eigenvalue weighted by Crippen LogP contribution is -2.73. The summed E-state index contributed by atoms with van der Waals surface area (Å²) >= 11 is 0. The molecule has 240 valence electrons. The third kappa shape index (κ3) is 7.54. The van der Waals surface area contributed by atoms with Crippen molar-refractivity contribution in [2.75, 3.05) is 19.6 Å². The predicted molar refractivity (Wildman–Crippen MR) is 168 cm³/mol. The maximum absolute atomic E-state index is 13.8. The number of nitrogens with zero attached hydrogens (tertiary/aromatic N) is 2. The molecular weight excluding hydrogens is 584 g/mol. The van der Waals surface area contributed by atoms with Crippen molar-refractivity contribution in [3.63, 3.8) is 0 Å². The molecule has 1 saturated carbocycles. The van der Waals surface area contributed by atoms with Crippen LogP contribution in [0.2, 0.25) is 0 Å². The van der Waals surface area contributed by atoms with Crippen molar-refractivity contribution in [3.8, 4) is 11.5 Å². The van der Waals surface area contributed by atoms with E-state index in [-0.39, 0.29) is 24.2 Å². The molecule has 0 unspecified atom stereocenters. The Labute approximate surface area is 265 Å². The van der Waals surface area contributed by atoms with Crippen molar-refractivity contribution in [1.29, 1.82) is 0 Å². The van der Waals surface area contributed by atoms with Gasteiger partial charge in [0, 0.05) is 38.2 Å². The molecule has 2 aromatic carbocycles. The van der Waals surface area contributed by atoms with Crippen LogP contribution in [-0.2, 0) is 16.1 Å². The summed E-state index contributed by atoms with van der Waals surface area (Å²) in [6, 6.07) is 13.6. The Balaban J connectivity index is 0.00000442. The molecule has 11 heteroatoms. The highest BCUT2D eigenvalue weighted by atomic mass is 35.5. The number of halogens is 1. The van der Waals surface area contributed by atoms with Gasteiger partial charge in [-0.1, -0.05) is 44.7 Å². The monoisotopic (exact) mass is 628 g/mol. The average Bonchev–Trinajstić information content (AvgIpc) is 3.02. The normalized spacial score (nSPS) is 21.3. The number of hydrogen-bond acceptors (Lipinski definition) is 7. The largest absolute Gasteiger partial charge is 0.457 e. The van der Waals surface area contributed by atoms with Gasteiger partial charge in [0.2, 0.25) is 11.8 Å². The fourth-order valence-corrected chi connectivity index (χ4v) is 6.82. The molecule has 2 saturated heterocycles. The molecule has 1 aliphatic carbocycles. The fraction of sp³-hybridized carbons (Fsp3) is 0.545. The molecule has 5 rings (SSSR count). The Hall–Kier alpha value is -3.18. The summed E-state index contributed by atoms with van der Waals surface area (Å²) in [6.45, 7) is 4.78. The molecule has 2 aromatic rings. The molecule has 3 fully saturated rings. The summed E-state index contributed by atoms with van der Waals surface area (Å²) in [5.41, 5.74) is 1.34. The molecule has 1 spiro atoms. The minimum absolute atomic E-state index is 0. The second-order valence-corrected chi connectivity index (χ2v) is 12.4. The van der Waals surface area contributed by atoms with E-state index in [1.807, 2.05) is 29.2 Å². The molecule has 44 heavy (non-hydrogen) atoms. The van der Waals surface area contributed by atoms with Crippen LogP contribution in [0.3, 0.4) is 0 Å². The molecule has 0 aromatic heterocycles. The standard InChI is InChI=1S/C33H44N4O6.ClH/c1-2-3-19-37-30(39)28(22-32(41)15-5-4-6-16-32)34-31(40)33(37)17-20-36(21-18-33)23-24-7-11-26(12-8-24)43-27-13-9-25(10-14-27)29(38)35-42;/h7-14,28,41-42H,2-6,15-23H2,1H3,(H,34,40)(H,35,38);1H/t28-;/m1./s1. The van der Waals surface area contributed by atoms with Crippen molar-refractivity contribution >= 4 is 30.1 Å². The lowest BCUT2D eigenvalue weighted by atomic mass is 9.77. The van der Waals surface area contributed by atoms with Crippen molar-refractivity contribution in [2.24, 2.45) is 0 Å². The van der Waals surface area contributed by atoms with Gasteiger partial charge < -0.3 is 20.1 Å². The van der Waals surface area contributed by atoms with Crippen LogP contribution >= 0.6 is 12.4 Å². The van der Waals surface area contributed by atoms with E-state index >= 15 is 0 Å². The van der Waals surface area contributed by atoms with E-state index < -0.39 is 23.1 Å². The summed E-state index contributed by atoms with van der Waals surface area (Å²) < 4.78 is 5.89. The number of piperidine rings is 1. The van der Waals surface area contributed by atoms with Gasteiger partial charge in [-0.25, -0.2) is 5.48 Å². The number of nitrogens with one attached hydrogen (secondary N) is 2. The van der Waals surface area contributed by atoms with Gasteiger partial charge in [0.15, 0.2) is 0 Å². The van der Waals surface area contributed by atoms with Crippen LogP contribution in [-0.4, -0.2) is 74.7 Å². The zero-order valence-electron chi connectivity index (χ0n) is 25.4. The van der Waals surface area contributed by atoms with E-state index in [4.69, 9.17) is 9.94 Å². The van der Waals surface area contributed by atoms with Crippen LogP contribution in [0.1, 0.15) is 87.1 Å². The minimum atomic E-state index is -0.875. The Morgan fingerprint density at radius 2 is 1.59 bits per heavy atom. The molecule has 10 nitrogen and oxygen atoms in total. The summed E-state index contributed by atoms with van der Waals surface area (Å²) in [5, 5.41) is 22.9. The molecule has 1 atom stereocenters. The van der Waals surface area contributed by atoms with Gasteiger partial charge in [-0.15, -0.1) is 12.4 Å². The van der Waals surface area contributed by atoms with Crippen molar-refractivity contribution < 1.29 is 29.4 Å². The average molecular weight is 629 g/mol. The number of aliphatic hydroxyl groups is 1. The number of hydroxylamine groups is 1. The first-order chi connectivity index (χ1) is 20.7. The first-order valence-electron chi connectivity index (χ1n) is 15.6. The number of rotatable bonds is 10. The second kappa shape index (κ2) is 14.7. The van der Waals surface area contributed by atoms with Crippen LogP contribution in [0.4, 0.5) is 0 Å². The Bertz CT molecular complexity index is 1270. The predicted octanol–water partition coefficient (Wildman–Crippen LogP) is 4.57. The van der Waals surface area contributed by atoms with Crippen LogP contribution in [0.15, 0.2) is 48.5 Å². The minimum Gasteiger partial charge on any atom is -0.457 e. The Morgan fingerprint density at radius 1 is 0.977 bits per heavy atom. The van der Waals surface area contributed by atoms with E-state index in [0.29, 0.717) is 68.8 Å². The van der Waals surface area contributed by atoms with E-state index in [1.54, 1.807) is 29.7 Å². The van der Waals surface area contributed by atoms with Crippen LogP contribution in [0, 0.1) is 0 Å². The van der Waals surface area contributed by atoms with Gasteiger partial charge in [0.25, 0.3) is 5.91 Å². The maximum Gasteiger partial charge on any atom is 0.274 e. The first kappa shape index (κ1) is 33.7. The number of piperazine rings is 1. The SMILES string of the molecule is CCCCN1C(=O)[C@@H](CC2(O)CCCCC2)NC(=O)C12CCN(Cc1ccc(Oc3ccc(C(=O)NO)cc3)cc1)CC2.Cl. The zero-order chi connectivity index (χ0) is 30.5. The number of amides is 3. The number of likely N-dealkylation sites (tertiary alicyclic amines) is 1. The number of carbonyl (C=O) groups is 3. The molecule has 3 aliphatic rings. The molecule has 2 aliphatic heterocycles. The lowest BCUT2D eigenvalue weighted by Gasteiger charge is -2.52. The molecule has 0 bridgehead atoms. The first-order valence-corrected chi connectivity index (χ1v) is 15.6. The Kier molecular flexibility index (Phi) is 11.3. The fourth-order valence-electron chi connectivity index (χ4n) is 6.82. The number of carbonyl (C=O) groups excluding carboxylic acids is 3. The van der Waals surface area contributed by atoms with Crippen LogP contribution < -0.4 is 15.5 Å². The molecule has 2 heterocycles. The molecule has 0 radical (unpaired) electrons. The van der Waals surface area contributed by atoms with Crippen LogP contribution in [0.25, 0.3) is 0 Å². The number of unbranched alkanes of at least 4 members (excludes halogenated alkanes) is 1. The topological polar surface area (TPSA) is 131 Å². The number of hydrogen-bond donors (Lipinski definition) is 4. The van der Waals surface area contributed by atoms with Crippen molar-refractivity contribution in [2.45, 2.75) is 94.9 Å². The highest BCUT2D eigenvalue weighted by molar-refractivity contribution is 6.00. The summed E-state index contributed by atoms with van der Waals surface area (Å²) in [6.07, 6.45) is 7.65. The van der Waals surface area contributed by atoms with Gasteiger partial charge in [-0.05, 0) is 74.1 Å². The van der Waals surface area contributed by atoms with Crippen molar-refractivity contribution in [3.05, 3.63) is 59.7 Å². The maximum atomic E-state index is 13.8. The second-order valence-electron chi connectivity index (χ2n) is 12.4. The Morgan fingerprint density at radius 3 is 2.18 bits per heavy atom. The smallest absolute Gasteiger partial charge is 0.274 e. The van der Waals surface area contributed by atoms with Gasteiger partial charge >= 0.3 is 0 Å². The summed E-state index contributed by atoms with van der Waals surface area (Å²) in [5.74, 6) is 0.548. The van der Waals surface area contributed by atoms with Gasteiger partial charge in [0.1, 0.15) is 23.1 Å². The third-order valence-electron chi connectivity index (χ3n) is 9.38. The van der Waals surface area contributed by atoms with E-state index in [1.165, 1.54) is 0 Å². The lowest BCUT2D eigenvalue weighted by molar-refractivity contribution is -0.163. The molecule has 3 amide bonds. The highest BCUT2D eigenvalue weighted by Gasteiger charge is 2.54. The highest BCUT2D eigenvalue weighted by Crippen LogP contribution is 2.37. The molecule has 4 N–H and O–H groups in total. The quantitative estimate of drug-likeness (QED) is 0.224. The van der Waals surface area contributed by atoms with E-state index in [9.17, 15) is 19.5 Å². The van der Waals surface area contributed by atoms with Crippen LogP contribution in [0.5, 0.6) is 11.5 Å². The van der Waals surface area contributed by atoms with E-state index in [2.05, 4.69) is 17.1 Å². The van der Waals surface area contributed by atoms with Crippen molar-refractivity contribution in [1.82, 2.24) is 20.6 Å². The number of benzene rings is 2. The zero-order valence-corrected chi connectivity index (χ0v) is 26.2. The van der Waals surface area contributed by atoms with Gasteiger partial charge in [-0.3, -0.25) is 24.5 Å². The van der Waals surface area contributed by atoms with Gasteiger partial charge in [0.05, 0.1) is 5.60 Å². The van der Waals surface area contributed by atoms with E-state index in [0.717, 1.165) is 44.2 Å². The third-order valence-corrected chi connectivity index (χ3v) is 9.38.